The SMILES string of the molecule is COCC12CN[C@H](C)C[C@@]1(c1ccc(Cl)c(Cl)c1)C2. The number of halogens is 2. The molecule has 3 rings (SSSR count). The summed E-state index contributed by atoms with van der Waals surface area (Å²) in [6, 6.07) is 6.61. The fourth-order valence-electron chi connectivity index (χ4n) is 3.85. The first kappa shape index (κ1) is 13.7. The standard InChI is InChI=1S/C15H19Cl2NO/c1-10-6-15(7-14(15,8-18-10)9-19-2)11-3-4-12(16)13(17)5-11/h3-5,10,18H,6-9H2,1-2H3/t10-,14?,15+/m1/s1. The Kier molecular flexibility index (Phi) is 3.33. The molecule has 0 bridgehead atoms. The molecule has 1 N–H and O–H groups in total. The summed E-state index contributed by atoms with van der Waals surface area (Å²) in [7, 11) is 1.78. The third-order valence-electron chi connectivity index (χ3n) is 4.87. The van der Waals surface area contributed by atoms with Gasteiger partial charge in [-0.3, -0.25) is 0 Å². The molecule has 1 aliphatic carbocycles. The summed E-state index contributed by atoms with van der Waals surface area (Å²) in [5.41, 5.74) is 1.75. The predicted molar refractivity (Wildman–Crippen MR) is 79.1 cm³/mol. The van der Waals surface area contributed by atoms with Crippen molar-refractivity contribution in [3.63, 3.8) is 0 Å². The van der Waals surface area contributed by atoms with Crippen molar-refractivity contribution in [2.75, 3.05) is 20.3 Å². The highest BCUT2D eigenvalue weighted by molar-refractivity contribution is 6.42. The number of benzene rings is 1. The summed E-state index contributed by atoms with van der Waals surface area (Å²) in [6.45, 7) is 4.06. The van der Waals surface area contributed by atoms with Crippen molar-refractivity contribution in [3.05, 3.63) is 33.8 Å². The van der Waals surface area contributed by atoms with Gasteiger partial charge < -0.3 is 10.1 Å². The number of hydrogen-bond donors (Lipinski definition) is 1. The van der Waals surface area contributed by atoms with Crippen LogP contribution in [-0.2, 0) is 10.2 Å². The molecule has 1 aromatic carbocycles. The largest absolute Gasteiger partial charge is 0.384 e. The topological polar surface area (TPSA) is 21.3 Å². The van der Waals surface area contributed by atoms with Gasteiger partial charge in [-0.25, -0.2) is 0 Å². The Morgan fingerprint density at radius 3 is 2.84 bits per heavy atom. The van der Waals surface area contributed by atoms with E-state index in [1.54, 1.807) is 7.11 Å². The van der Waals surface area contributed by atoms with Crippen molar-refractivity contribution in [1.29, 1.82) is 0 Å². The van der Waals surface area contributed by atoms with Crippen LogP contribution in [-0.4, -0.2) is 26.3 Å². The normalized spacial score (nSPS) is 36.9. The lowest BCUT2D eigenvalue weighted by atomic mass is 9.79. The fraction of sp³-hybridized carbons (Fsp3) is 0.600. The van der Waals surface area contributed by atoms with Crippen LogP contribution < -0.4 is 5.32 Å². The molecule has 1 heterocycles. The molecule has 0 amide bonds. The Morgan fingerprint density at radius 2 is 2.16 bits per heavy atom. The monoisotopic (exact) mass is 299 g/mol. The van der Waals surface area contributed by atoms with Crippen LogP contribution in [0, 0.1) is 5.41 Å². The smallest absolute Gasteiger partial charge is 0.0595 e. The molecule has 1 aromatic rings. The van der Waals surface area contributed by atoms with E-state index in [1.165, 1.54) is 12.0 Å². The lowest BCUT2D eigenvalue weighted by Crippen LogP contribution is -2.45. The van der Waals surface area contributed by atoms with Crippen molar-refractivity contribution >= 4 is 23.2 Å². The van der Waals surface area contributed by atoms with E-state index in [0.717, 1.165) is 19.6 Å². The quantitative estimate of drug-likeness (QED) is 0.920. The summed E-state index contributed by atoms with van der Waals surface area (Å²) in [5.74, 6) is 0. The molecule has 1 unspecified atom stereocenters. The van der Waals surface area contributed by atoms with Gasteiger partial charge in [0.1, 0.15) is 0 Å². The summed E-state index contributed by atoms with van der Waals surface area (Å²) in [6.07, 6.45) is 2.30. The molecule has 1 saturated heterocycles. The molecule has 0 spiro atoms. The van der Waals surface area contributed by atoms with Gasteiger partial charge in [0.15, 0.2) is 0 Å². The molecule has 2 fully saturated rings. The maximum Gasteiger partial charge on any atom is 0.0595 e. The third kappa shape index (κ3) is 2.01. The molecular formula is C15H19Cl2NO. The molecular weight excluding hydrogens is 281 g/mol. The van der Waals surface area contributed by atoms with Gasteiger partial charge in [0.05, 0.1) is 16.7 Å². The van der Waals surface area contributed by atoms with Gasteiger partial charge in [-0.05, 0) is 37.5 Å². The minimum atomic E-state index is 0.210. The van der Waals surface area contributed by atoms with Crippen molar-refractivity contribution < 1.29 is 4.74 Å². The zero-order valence-corrected chi connectivity index (χ0v) is 12.8. The first-order chi connectivity index (χ1) is 9.03. The van der Waals surface area contributed by atoms with Gasteiger partial charge in [-0.15, -0.1) is 0 Å². The second-order valence-electron chi connectivity index (χ2n) is 6.09. The van der Waals surface area contributed by atoms with Crippen LogP contribution >= 0.6 is 23.2 Å². The number of piperidine rings is 1. The van der Waals surface area contributed by atoms with Gasteiger partial charge in [0.2, 0.25) is 0 Å². The third-order valence-corrected chi connectivity index (χ3v) is 5.61. The van der Waals surface area contributed by atoms with Crippen LogP contribution in [0.15, 0.2) is 18.2 Å². The van der Waals surface area contributed by atoms with Crippen molar-refractivity contribution in [2.24, 2.45) is 5.41 Å². The van der Waals surface area contributed by atoms with E-state index in [9.17, 15) is 0 Å². The molecule has 3 atom stereocenters. The fourth-order valence-corrected chi connectivity index (χ4v) is 4.15. The molecule has 2 nitrogen and oxygen atoms in total. The molecule has 4 heteroatoms. The zero-order chi connectivity index (χ0) is 13.7. The highest BCUT2D eigenvalue weighted by Gasteiger charge is 2.69. The van der Waals surface area contributed by atoms with E-state index in [2.05, 4.69) is 18.3 Å². The minimum absolute atomic E-state index is 0.210. The van der Waals surface area contributed by atoms with Gasteiger partial charge in [-0.2, -0.15) is 0 Å². The number of hydrogen-bond acceptors (Lipinski definition) is 2. The second kappa shape index (κ2) is 4.63. The number of rotatable bonds is 3. The maximum atomic E-state index is 6.19. The summed E-state index contributed by atoms with van der Waals surface area (Å²) >= 11 is 12.2. The molecule has 19 heavy (non-hydrogen) atoms. The second-order valence-corrected chi connectivity index (χ2v) is 6.90. The summed E-state index contributed by atoms with van der Waals surface area (Å²) in [5, 5.41) is 4.86. The van der Waals surface area contributed by atoms with Gasteiger partial charge in [0.25, 0.3) is 0 Å². The van der Waals surface area contributed by atoms with E-state index in [-0.39, 0.29) is 10.8 Å². The Morgan fingerprint density at radius 1 is 1.37 bits per heavy atom. The van der Waals surface area contributed by atoms with Gasteiger partial charge in [-0.1, -0.05) is 29.3 Å². The molecule has 2 aliphatic rings. The molecule has 1 saturated carbocycles. The van der Waals surface area contributed by atoms with E-state index in [4.69, 9.17) is 27.9 Å². The van der Waals surface area contributed by atoms with E-state index >= 15 is 0 Å². The van der Waals surface area contributed by atoms with Crippen LogP contribution in [0.3, 0.4) is 0 Å². The lowest BCUT2D eigenvalue weighted by molar-refractivity contribution is 0.108. The van der Waals surface area contributed by atoms with Crippen molar-refractivity contribution in [2.45, 2.75) is 31.2 Å². The molecule has 1 aliphatic heterocycles. The van der Waals surface area contributed by atoms with Crippen molar-refractivity contribution in [1.82, 2.24) is 5.32 Å². The van der Waals surface area contributed by atoms with Crippen LogP contribution in [0.2, 0.25) is 10.0 Å². The van der Waals surface area contributed by atoms with Crippen LogP contribution in [0.1, 0.15) is 25.3 Å². The van der Waals surface area contributed by atoms with E-state index < -0.39 is 0 Å². The Bertz CT molecular complexity index is 507. The first-order valence-electron chi connectivity index (χ1n) is 6.71. The number of methoxy groups -OCH3 is 1. The average molecular weight is 300 g/mol. The Hall–Kier alpha value is -0.280. The van der Waals surface area contributed by atoms with Gasteiger partial charge >= 0.3 is 0 Å². The van der Waals surface area contributed by atoms with Crippen LogP contribution in [0.4, 0.5) is 0 Å². The van der Waals surface area contributed by atoms with E-state index in [1.807, 2.05) is 12.1 Å². The van der Waals surface area contributed by atoms with Crippen LogP contribution in [0.25, 0.3) is 0 Å². The minimum Gasteiger partial charge on any atom is -0.384 e. The van der Waals surface area contributed by atoms with Gasteiger partial charge in [0, 0.05) is 30.5 Å². The molecule has 104 valence electrons. The summed E-state index contributed by atoms with van der Waals surface area (Å²) in [4.78, 5) is 0. The summed E-state index contributed by atoms with van der Waals surface area (Å²) < 4.78 is 5.46. The predicted octanol–water partition coefficient (Wildman–Crippen LogP) is 3.65. The number of fused-ring (bicyclic) bond motifs is 1. The Balaban J connectivity index is 1.98. The Labute approximate surface area is 124 Å². The zero-order valence-electron chi connectivity index (χ0n) is 11.3. The molecule has 0 aromatic heterocycles. The highest BCUT2D eigenvalue weighted by atomic mass is 35.5. The highest BCUT2D eigenvalue weighted by Crippen LogP contribution is 2.68. The molecule has 0 radical (unpaired) electrons. The number of nitrogens with one attached hydrogen (secondary N) is 1. The maximum absolute atomic E-state index is 6.19. The average Bonchev–Trinajstić information content (AvgIpc) is 3.02. The van der Waals surface area contributed by atoms with Crippen molar-refractivity contribution in [3.8, 4) is 0 Å². The first-order valence-corrected chi connectivity index (χ1v) is 7.46. The van der Waals surface area contributed by atoms with E-state index in [0.29, 0.717) is 16.1 Å². The lowest BCUT2D eigenvalue weighted by Gasteiger charge is -2.35. The number of ether oxygens (including phenoxy) is 1. The van der Waals surface area contributed by atoms with Crippen LogP contribution in [0.5, 0.6) is 0 Å².